The molecule has 9 heteroatoms. The van der Waals surface area contributed by atoms with Gasteiger partial charge in [0, 0.05) is 12.6 Å². The van der Waals surface area contributed by atoms with Gasteiger partial charge in [0.1, 0.15) is 5.75 Å². The zero-order valence-electron chi connectivity index (χ0n) is 23.9. The molecule has 216 valence electrons. The maximum atomic E-state index is 14.9. The van der Waals surface area contributed by atoms with E-state index in [1.807, 2.05) is 13.8 Å². The fraction of sp³-hybridized carbons (Fsp3) is 0.516. The van der Waals surface area contributed by atoms with E-state index >= 15 is 0 Å². The largest absolute Gasteiger partial charge is 0.496 e. The van der Waals surface area contributed by atoms with E-state index in [-0.39, 0.29) is 34.5 Å². The SMILES string of the molecule is COc1cc(F)c(OC2CCC(C)(C(=O)O)CC2)cc1C(=O)Nc1cc(C)c(C)cc1C(=O)NCC1(C)CCC1. The van der Waals surface area contributed by atoms with Crippen molar-refractivity contribution >= 4 is 23.5 Å². The van der Waals surface area contributed by atoms with Gasteiger partial charge in [-0.1, -0.05) is 13.3 Å². The van der Waals surface area contributed by atoms with Crippen LogP contribution in [0.3, 0.4) is 0 Å². The highest BCUT2D eigenvalue weighted by atomic mass is 19.1. The fourth-order valence-electron chi connectivity index (χ4n) is 5.35. The van der Waals surface area contributed by atoms with E-state index in [1.54, 1.807) is 19.1 Å². The second-order valence-electron chi connectivity index (χ2n) is 11.9. The average molecular weight is 555 g/mol. The maximum absolute atomic E-state index is 14.9. The van der Waals surface area contributed by atoms with Gasteiger partial charge in [-0.05, 0) is 94.0 Å². The van der Waals surface area contributed by atoms with Crippen molar-refractivity contribution in [2.75, 3.05) is 19.0 Å². The Kier molecular flexibility index (Phi) is 8.42. The molecule has 2 fully saturated rings. The van der Waals surface area contributed by atoms with Crippen LogP contribution in [0.15, 0.2) is 24.3 Å². The highest BCUT2D eigenvalue weighted by Gasteiger charge is 2.38. The van der Waals surface area contributed by atoms with Gasteiger partial charge in [-0.15, -0.1) is 0 Å². The van der Waals surface area contributed by atoms with Gasteiger partial charge in [-0.25, -0.2) is 4.39 Å². The van der Waals surface area contributed by atoms with E-state index in [4.69, 9.17) is 9.47 Å². The number of methoxy groups -OCH3 is 1. The normalized spacial score (nSPS) is 21.6. The molecule has 2 saturated carbocycles. The minimum absolute atomic E-state index is 0.0252. The summed E-state index contributed by atoms with van der Waals surface area (Å²) < 4.78 is 26.1. The molecule has 0 atom stereocenters. The molecule has 0 aromatic heterocycles. The summed E-state index contributed by atoms with van der Waals surface area (Å²) in [6.07, 6.45) is 4.65. The summed E-state index contributed by atoms with van der Waals surface area (Å²) >= 11 is 0. The Bertz CT molecular complexity index is 1310. The molecule has 0 radical (unpaired) electrons. The van der Waals surface area contributed by atoms with Gasteiger partial charge < -0.3 is 25.2 Å². The summed E-state index contributed by atoms with van der Waals surface area (Å²) in [7, 11) is 1.34. The van der Waals surface area contributed by atoms with E-state index in [0.717, 1.165) is 36.5 Å². The summed E-state index contributed by atoms with van der Waals surface area (Å²) in [5, 5.41) is 15.3. The van der Waals surface area contributed by atoms with E-state index < -0.39 is 23.1 Å². The Morgan fingerprint density at radius 1 is 0.950 bits per heavy atom. The molecule has 2 aromatic carbocycles. The molecule has 2 aromatic rings. The Morgan fingerprint density at radius 3 is 2.17 bits per heavy atom. The number of hydrogen-bond acceptors (Lipinski definition) is 5. The monoisotopic (exact) mass is 554 g/mol. The lowest BCUT2D eigenvalue weighted by molar-refractivity contribution is -0.150. The topological polar surface area (TPSA) is 114 Å². The molecular weight excluding hydrogens is 515 g/mol. The highest BCUT2D eigenvalue weighted by molar-refractivity contribution is 6.10. The Balaban J connectivity index is 1.55. The number of hydrogen-bond donors (Lipinski definition) is 3. The van der Waals surface area contributed by atoms with Crippen LogP contribution in [0.4, 0.5) is 10.1 Å². The first kappa shape index (κ1) is 29.4. The molecule has 0 spiro atoms. The number of carbonyl (C=O) groups excluding carboxylic acids is 2. The Morgan fingerprint density at radius 2 is 1.60 bits per heavy atom. The molecule has 0 aliphatic heterocycles. The first-order valence-corrected chi connectivity index (χ1v) is 13.8. The number of nitrogens with one attached hydrogen (secondary N) is 2. The molecule has 2 aliphatic rings. The second-order valence-corrected chi connectivity index (χ2v) is 11.9. The number of ether oxygens (including phenoxy) is 2. The minimum Gasteiger partial charge on any atom is -0.496 e. The first-order valence-electron chi connectivity index (χ1n) is 13.8. The number of rotatable bonds is 9. The molecule has 0 heterocycles. The zero-order valence-corrected chi connectivity index (χ0v) is 23.9. The number of amides is 2. The molecule has 2 aliphatic carbocycles. The number of anilines is 1. The summed E-state index contributed by atoms with van der Waals surface area (Å²) in [5.41, 5.74) is 1.84. The Hall–Kier alpha value is -3.62. The van der Waals surface area contributed by atoms with Crippen LogP contribution in [-0.2, 0) is 4.79 Å². The van der Waals surface area contributed by atoms with Crippen LogP contribution in [0.1, 0.15) is 90.6 Å². The van der Waals surface area contributed by atoms with Crippen molar-refractivity contribution in [2.45, 2.75) is 78.7 Å². The van der Waals surface area contributed by atoms with Gasteiger partial charge >= 0.3 is 5.97 Å². The van der Waals surface area contributed by atoms with Crippen LogP contribution in [-0.4, -0.2) is 42.6 Å². The lowest BCUT2D eigenvalue weighted by Gasteiger charge is -2.38. The number of benzene rings is 2. The Labute approximate surface area is 234 Å². The van der Waals surface area contributed by atoms with Crippen molar-refractivity contribution in [3.05, 3.63) is 52.3 Å². The molecule has 0 bridgehead atoms. The quantitative estimate of drug-likeness (QED) is 0.349. The van der Waals surface area contributed by atoms with Crippen LogP contribution >= 0.6 is 0 Å². The van der Waals surface area contributed by atoms with Crippen molar-refractivity contribution in [1.82, 2.24) is 5.32 Å². The van der Waals surface area contributed by atoms with E-state index in [2.05, 4.69) is 17.6 Å². The van der Waals surface area contributed by atoms with Crippen molar-refractivity contribution in [3.63, 3.8) is 0 Å². The van der Waals surface area contributed by atoms with Crippen LogP contribution in [0, 0.1) is 30.5 Å². The molecule has 4 rings (SSSR count). The van der Waals surface area contributed by atoms with Gasteiger partial charge in [0.05, 0.1) is 35.4 Å². The average Bonchev–Trinajstić information content (AvgIpc) is 2.90. The summed E-state index contributed by atoms with van der Waals surface area (Å²) in [6, 6.07) is 5.91. The lowest BCUT2D eigenvalue weighted by atomic mass is 9.70. The summed E-state index contributed by atoms with van der Waals surface area (Å²) in [5.74, 6) is -2.47. The maximum Gasteiger partial charge on any atom is 0.309 e. The van der Waals surface area contributed by atoms with E-state index in [1.165, 1.54) is 13.2 Å². The third-order valence-electron chi connectivity index (χ3n) is 8.71. The number of aryl methyl sites for hydroxylation is 2. The van der Waals surface area contributed by atoms with Crippen molar-refractivity contribution < 1.29 is 33.4 Å². The highest BCUT2D eigenvalue weighted by Crippen LogP contribution is 2.40. The number of halogens is 1. The molecule has 8 nitrogen and oxygen atoms in total. The second kappa shape index (κ2) is 11.5. The number of carboxylic acid groups (broad SMARTS) is 1. The van der Waals surface area contributed by atoms with Crippen LogP contribution < -0.4 is 20.1 Å². The lowest BCUT2D eigenvalue weighted by Crippen LogP contribution is -2.40. The zero-order chi connectivity index (χ0) is 29.2. The van der Waals surface area contributed by atoms with Gasteiger partial charge in [0.25, 0.3) is 11.8 Å². The standard InChI is InChI=1S/C31H39FN2O6/c1-18-13-21(27(35)33-17-30(3)9-6-10-30)24(14-19(18)2)34-28(36)22-15-26(23(32)16-25(22)39-5)40-20-7-11-31(4,12-8-20)29(37)38/h13-16,20H,6-12,17H2,1-5H3,(H,33,35)(H,34,36)(H,37,38). The van der Waals surface area contributed by atoms with Gasteiger partial charge in [-0.2, -0.15) is 0 Å². The molecule has 2 amide bonds. The van der Waals surface area contributed by atoms with Crippen LogP contribution in [0.2, 0.25) is 0 Å². The third-order valence-corrected chi connectivity index (χ3v) is 8.71. The van der Waals surface area contributed by atoms with Crippen LogP contribution in [0.25, 0.3) is 0 Å². The summed E-state index contributed by atoms with van der Waals surface area (Å²) in [6.45, 7) is 8.22. The van der Waals surface area contributed by atoms with Gasteiger partial charge in [0.2, 0.25) is 0 Å². The van der Waals surface area contributed by atoms with Crippen molar-refractivity contribution in [1.29, 1.82) is 0 Å². The number of carbonyl (C=O) groups is 3. The predicted molar refractivity (Wildman–Crippen MR) is 150 cm³/mol. The molecular formula is C31H39FN2O6. The molecule has 0 unspecified atom stereocenters. The van der Waals surface area contributed by atoms with Crippen LogP contribution in [0.5, 0.6) is 11.5 Å². The molecule has 0 saturated heterocycles. The van der Waals surface area contributed by atoms with Gasteiger partial charge in [-0.3, -0.25) is 14.4 Å². The van der Waals surface area contributed by atoms with Crippen molar-refractivity contribution in [3.8, 4) is 11.5 Å². The van der Waals surface area contributed by atoms with E-state index in [0.29, 0.717) is 43.5 Å². The third kappa shape index (κ3) is 6.24. The number of carboxylic acids is 1. The van der Waals surface area contributed by atoms with E-state index in [9.17, 15) is 23.9 Å². The summed E-state index contributed by atoms with van der Waals surface area (Å²) in [4.78, 5) is 38.2. The first-order chi connectivity index (χ1) is 18.8. The van der Waals surface area contributed by atoms with Gasteiger partial charge in [0.15, 0.2) is 11.6 Å². The smallest absolute Gasteiger partial charge is 0.309 e. The molecule has 3 N–H and O–H groups in total. The minimum atomic E-state index is -0.850. The predicted octanol–water partition coefficient (Wildman–Crippen LogP) is 6.04. The number of aliphatic carboxylic acids is 1. The fourth-order valence-corrected chi connectivity index (χ4v) is 5.35. The molecule has 40 heavy (non-hydrogen) atoms. The van der Waals surface area contributed by atoms with Crippen molar-refractivity contribution in [2.24, 2.45) is 10.8 Å².